The summed E-state index contributed by atoms with van der Waals surface area (Å²) in [6.07, 6.45) is 1.82. The van der Waals surface area contributed by atoms with Gasteiger partial charge >= 0.3 is 0 Å². The molecule has 34 heavy (non-hydrogen) atoms. The first-order valence-electron chi connectivity index (χ1n) is 11.8. The number of ether oxygens (including phenoxy) is 1. The highest BCUT2D eigenvalue weighted by Crippen LogP contribution is 2.17. The third-order valence-corrected chi connectivity index (χ3v) is 5.22. The number of carbonyl (C=O) groups excluding carboxylic acids is 2. The summed E-state index contributed by atoms with van der Waals surface area (Å²) in [5.41, 5.74) is 3.12. The lowest BCUT2D eigenvalue weighted by Crippen LogP contribution is -2.32. The van der Waals surface area contributed by atoms with E-state index in [1.807, 2.05) is 59.5 Å². The predicted molar refractivity (Wildman–Crippen MR) is 137 cm³/mol. The lowest BCUT2D eigenvalue weighted by Gasteiger charge is -2.21. The van der Waals surface area contributed by atoms with Gasteiger partial charge in [0.2, 0.25) is 5.91 Å². The van der Waals surface area contributed by atoms with Gasteiger partial charge in [-0.2, -0.15) is 0 Å². The number of rotatable bonds is 12. The Labute approximate surface area is 201 Å². The zero-order valence-corrected chi connectivity index (χ0v) is 19.9. The monoisotopic (exact) mass is 459 g/mol. The van der Waals surface area contributed by atoms with Gasteiger partial charge in [-0.15, -0.1) is 0 Å². The molecule has 6 heteroatoms. The van der Waals surface area contributed by atoms with E-state index in [2.05, 4.69) is 24.5 Å². The number of hydrogen-bond acceptors (Lipinski definition) is 4. The first-order chi connectivity index (χ1) is 16.6. The van der Waals surface area contributed by atoms with E-state index in [1.165, 1.54) is 0 Å². The van der Waals surface area contributed by atoms with Crippen LogP contribution in [0.5, 0.6) is 5.75 Å². The Kier molecular flexibility index (Phi) is 9.52. The van der Waals surface area contributed by atoms with Gasteiger partial charge in [-0.25, -0.2) is 0 Å². The summed E-state index contributed by atoms with van der Waals surface area (Å²) in [4.78, 5) is 27.1. The van der Waals surface area contributed by atoms with E-state index < -0.39 is 0 Å². The highest BCUT2D eigenvalue weighted by Gasteiger charge is 2.15. The summed E-state index contributed by atoms with van der Waals surface area (Å²) in [6, 6.07) is 24.6. The van der Waals surface area contributed by atoms with Crippen LogP contribution in [0.4, 0.5) is 11.4 Å². The van der Waals surface area contributed by atoms with Crippen LogP contribution in [0, 0.1) is 0 Å². The van der Waals surface area contributed by atoms with Crippen molar-refractivity contribution in [2.45, 2.75) is 33.3 Å². The molecule has 0 aliphatic carbocycles. The summed E-state index contributed by atoms with van der Waals surface area (Å²) in [6.45, 7) is 6.19. The predicted octanol–water partition coefficient (Wildman–Crippen LogP) is 5.58. The Balaban J connectivity index is 1.49. The van der Waals surface area contributed by atoms with Crippen LogP contribution in [-0.4, -0.2) is 36.3 Å². The van der Waals surface area contributed by atoms with Gasteiger partial charge in [0.1, 0.15) is 12.4 Å². The van der Waals surface area contributed by atoms with Crippen LogP contribution in [0.3, 0.4) is 0 Å². The largest absolute Gasteiger partial charge is 0.489 e. The zero-order chi connectivity index (χ0) is 24.2. The van der Waals surface area contributed by atoms with Crippen molar-refractivity contribution in [2.24, 2.45) is 0 Å². The number of nitrogens with zero attached hydrogens (tertiary/aromatic N) is 1. The van der Waals surface area contributed by atoms with E-state index in [4.69, 9.17) is 4.74 Å². The molecule has 3 aromatic rings. The smallest absolute Gasteiger partial charge is 0.253 e. The van der Waals surface area contributed by atoms with Crippen molar-refractivity contribution >= 4 is 23.2 Å². The number of hydrogen-bond donors (Lipinski definition) is 2. The second-order valence-electron chi connectivity index (χ2n) is 8.07. The van der Waals surface area contributed by atoms with Crippen LogP contribution in [-0.2, 0) is 11.4 Å². The van der Waals surface area contributed by atoms with Crippen molar-refractivity contribution in [3.8, 4) is 5.75 Å². The maximum atomic E-state index is 12.8. The second-order valence-corrected chi connectivity index (χ2v) is 8.07. The SMILES string of the molecule is CCCN(CCC)C(=O)c1cccc(NC(=O)CNc2ccc(OCc3ccccc3)cc2)c1. The number of benzene rings is 3. The minimum Gasteiger partial charge on any atom is -0.489 e. The molecule has 0 spiro atoms. The molecule has 178 valence electrons. The zero-order valence-electron chi connectivity index (χ0n) is 19.9. The van der Waals surface area contributed by atoms with E-state index in [-0.39, 0.29) is 18.4 Å². The summed E-state index contributed by atoms with van der Waals surface area (Å²) in [5, 5.41) is 5.98. The molecule has 0 aliphatic rings. The van der Waals surface area contributed by atoms with Crippen molar-refractivity contribution in [2.75, 3.05) is 30.3 Å². The molecule has 0 radical (unpaired) electrons. The maximum Gasteiger partial charge on any atom is 0.253 e. The molecular weight excluding hydrogens is 426 g/mol. The molecule has 3 aromatic carbocycles. The Bertz CT molecular complexity index is 1050. The van der Waals surface area contributed by atoms with Gasteiger partial charge in [0.05, 0.1) is 6.54 Å². The maximum absolute atomic E-state index is 12.8. The van der Waals surface area contributed by atoms with Gasteiger partial charge in [0.25, 0.3) is 5.91 Å². The normalized spacial score (nSPS) is 10.4. The van der Waals surface area contributed by atoms with Crippen LogP contribution < -0.4 is 15.4 Å². The Morgan fingerprint density at radius 1 is 0.824 bits per heavy atom. The highest BCUT2D eigenvalue weighted by molar-refractivity contribution is 5.98. The van der Waals surface area contributed by atoms with Crippen molar-refractivity contribution in [3.63, 3.8) is 0 Å². The third-order valence-electron chi connectivity index (χ3n) is 5.22. The lowest BCUT2D eigenvalue weighted by atomic mass is 10.1. The van der Waals surface area contributed by atoms with Crippen molar-refractivity contribution in [3.05, 3.63) is 90.0 Å². The molecule has 0 saturated carbocycles. The first-order valence-corrected chi connectivity index (χ1v) is 11.8. The van der Waals surface area contributed by atoms with Gasteiger partial charge < -0.3 is 20.3 Å². The molecule has 0 bridgehead atoms. The summed E-state index contributed by atoms with van der Waals surface area (Å²) in [7, 11) is 0. The summed E-state index contributed by atoms with van der Waals surface area (Å²) in [5.74, 6) is 0.570. The second kappa shape index (κ2) is 13.0. The standard InChI is InChI=1S/C28H33N3O3/c1-3-17-31(18-4-2)28(33)23-11-8-12-25(19-23)30-27(32)20-29-24-13-15-26(16-14-24)34-21-22-9-6-5-7-10-22/h5-16,19,29H,3-4,17-18,20-21H2,1-2H3,(H,30,32). The molecule has 2 amide bonds. The van der Waals surface area contributed by atoms with E-state index in [0.29, 0.717) is 17.9 Å². The van der Waals surface area contributed by atoms with Gasteiger partial charge in [-0.05, 0) is 60.9 Å². The summed E-state index contributed by atoms with van der Waals surface area (Å²) < 4.78 is 5.79. The molecule has 0 atom stereocenters. The topological polar surface area (TPSA) is 70.7 Å². The van der Waals surface area contributed by atoms with Crippen LogP contribution >= 0.6 is 0 Å². The molecule has 0 aliphatic heterocycles. The van der Waals surface area contributed by atoms with Gasteiger partial charge in [0.15, 0.2) is 0 Å². The number of nitrogens with one attached hydrogen (secondary N) is 2. The Morgan fingerprint density at radius 3 is 2.21 bits per heavy atom. The molecule has 0 unspecified atom stereocenters. The Morgan fingerprint density at radius 2 is 1.53 bits per heavy atom. The average Bonchev–Trinajstić information content (AvgIpc) is 2.87. The fourth-order valence-electron chi connectivity index (χ4n) is 3.56. The van der Waals surface area contributed by atoms with E-state index in [1.54, 1.807) is 24.3 Å². The lowest BCUT2D eigenvalue weighted by molar-refractivity contribution is -0.114. The van der Waals surface area contributed by atoms with E-state index in [0.717, 1.165) is 42.9 Å². The molecular formula is C28H33N3O3. The molecule has 3 rings (SSSR count). The van der Waals surface area contributed by atoms with Crippen molar-refractivity contribution in [1.82, 2.24) is 4.90 Å². The highest BCUT2D eigenvalue weighted by atomic mass is 16.5. The molecule has 2 N–H and O–H groups in total. The van der Waals surface area contributed by atoms with Gasteiger partial charge in [-0.3, -0.25) is 9.59 Å². The van der Waals surface area contributed by atoms with E-state index >= 15 is 0 Å². The van der Waals surface area contributed by atoms with Gasteiger partial charge in [-0.1, -0.05) is 50.2 Å². The van der Waals surface area contributed by atoms with E-state index in [9.17, 15) is 9.59 Å². The van der Waals surface area contributed by atoms with Crippen molar-refractivity contribution in [1.29, 1.82) is 0 Å². The fourth-order valence-corrected chi connectivity index (χ4v) is 3.56. The minimum atomic E-state index is -0.187. The third kappa shape index (κ3) is 7.66. The van der Waals surface area contributed by atoms with Crippen LogP contribution in [0.25, 0.3) is 0 Å². The number of amides is 2. The van der Waals surface area contributed by atoms with Crippen LogP contribution in [0.1, 0.15) is 42.6 Å². The first kappa shape index (κ1) is 24.8. The van der Waals surface area contributed by atoms with Crippen LogP contribution in [0.2, 0.25) is 0 Å². The molecule has 0 heterocycles. The molecule has 0 aromatic heterocycles. The summed E-state index contributed by atoms with van der Waals surface area (Å²) >= 11 is 0. The van der Waals surface area contributed by atoms with Gasteiger partial charge in [0, 0.05) is 30.0 Å². The average molecular weight is 460 g/mol. The molecule has 6 nitrogen and oxygen atoms in total. The van der Waals surface area contributed by atoms with Crippen LogP contribution in [0.15, 0.2) is 78.9 Å². The molecule has 0 fully saturated rings. The molecule has 0 saturated heterocycles. The fraction of sp³-hybridized carbons (Fsp3) is 0.286. The Hall–Kier alpha value is -3.80. The minimum absolute atomic E-state index is 0.00695. The number of carbonyl (C=O) groups is 2. The quantitative estimate of drug-likeness (QED) is 0.371. The van der Waals surface area contributed by atoms with Crippen molar-refractivity contribution < 1.29 is 14.3 Å². The number of anilines is 2.